The zero-order valence-corrected chi connectivity index (χ0v) is 16.4. The van der Waals surface area contributed by atoms with E-state index in [1.807, 2.05) is 39.8 Å². The molecule has 5 rings (SSSR count). The van der Waals surface area contributed by atoms with Gasteiger partial charge in [0.25, 0.3) is 0 Å². The maximum atomic E-state index is 14.0. The number of rotatable bonds is 2. The Morgan fingerprint density at radius 2 is 1.97 bits per heavy atom. The summed E-state index contributed by atoms with van der Waals surface area (Å²) in [5.74, 6) is 1.04. The lowest BCUT2D eigenvalue weighted by Gasteiger charge is -2.31. The molecule has 2 fully saturated rings. The highest BCUT2D eigenvalue weighted by Gasteiger charge is 2.50. The van der Waals surface area contributed by atoms with Crippen LogP contribution in [-0.2, 0) is 0 Å². The topological polar surface area (TPSA) is 57.0 Å². The van der Waals surface area contributed by atoms with Gasteiger partial charge in [0.1, 0.15) is 5.82 Å². The van der Waals surface area contributed by atoms with Crippen LogP contribution in [0.15, 0.2) is 48.7 Å². The van der Waals surface area contributed by atoms with E-state index in [-0.39, 0.29) is 23.8 Å². The number of carbonyl (C=O) groups excluding carboxylic acids is 1. The average Bonchev–Trinajstić information content (AvgIpc) is 3.38. The van der Waals surface area contributed by atoms with E-state index in [0.717, 1.165) is 30.2 Å². The Morgan fingerprint density at radius 3 is 2.76 bits per heavy atom. The minimum atomic E-state index is -0.276. The highest BCUT2D eigenvalue weighted by atomic mass is 19.1. The number of likely N-dealkylation sites (tertiary alicyclic amines) is 1. The van der Waals surface area contributed by atoms with Gasteiger partial charge in [-0.3, -0.25) is 4.40 Å². The normalized spacial score (nSPS) is 23.6. The first-order valence-electron chi connectivity index (χ1n) is 9.81. The van der Waals surface area contributed by atoms with E-state index < -0.39 is 0 Å². The van der Waals surface area contributed by atoms with Gasteiger partial charge in [-0.2, -0.15) is 0 Å². The maximum absolute atomic E-state index is 14.0. The van der Waals surface area contributed by atoms with Gasteiger partial charge in [-0.15, -0.1) is 10.2 Å². The fourth-order valence-electron chi connectivity index (χ4n) is 4.82. The predicted octanol–water partition coefficient (Wildman–Crippen LogP) is 2.66. The van der Waals surface area contributed by atoms with E-state index in [4.69, 9.17) is 0 Å². The molecule has 2 aliphatic heterocycles. The summed E-state index contributed by atoms with van der Waals surface area (Å²) in [6.07, 6.45) is 1.96. The molecule has 7 nitrogen and oxygen atoms in total. The van der Waals surface area contributed by atoms with E-state index in [0.29, 0.717) is 12.5 Å². The first-order valence-corrected chi connectivity index (χ1v) is 9.81. The van der Waals surface area contributed by atoms with Crippen LogP contribution in [0.25, 0.3) is 5.65 Å². The van der Waals surface area contributed by atoms with Crippen molar-refractivity contribution in [1.29, 1.82) is 0 Å². The summed E-state index contributed by atoms with van der Waals surface area (Å²) in [6.45, 7) is 2.19. The zero-order valence-electron chi connectivity index (χ0n) is 16.4. The van der Waals surface area contributed by atoms with Crippen molar-refractivity contribution >= 4 is 17.6 Å². The summed E-state index contributed by atoms with van der Waals surface area (Å²) in [5, 5.41) is 8.65. The third kappa shape index (κ3) is 2.90. The average molecular weight is 394 g/mol. The Bertz CT molecular complexity index is 1070. The number of aromatic nitrogens is 3. The number of pyridine rings is 1. The summed E-state index contributed by atoms with van der Waals surface area (Å²) < 4.78 is 16.0. The third-order valence-electron chi connectivity index (χ3n) is 6.06. The lowest BCUT2D eigenvalue weighted by Crippen LogP contribution is -2.41. The fraction of sp³-hybridized carbons (Fsp3) is 0.381. The Hall–Kier alpha value is -3.16. The standard InChI is InChI=1S/C21H23FN6O/c1-25(2)21(29)28-12-15-11-26(20-24-23-18-8-3-4-9-27(18)20)13-17(15)19(28)14-6-5-7-16(22)10-14/h3-10,15,17,19H,11-13H2,1-2H3/t15-,17-,19+/m1/s1. The highest BCUT2D eigenvalue weighted by molar-refractivity contribution is 5.75. The van der Waals surface area contributed by atoms with Gasteiger partial charge in [-0.05, 0) is 29.8 Å². The van der Waals surface area contributed by atoms with Crippen molar-refractivity contribution in [3.8, 4) is 0 Å². The minimum Gasteiger partial charge on any atom is -0.340 e. The van der Waals surface area contributed by atoms with Crippen LogP contribution in [0.1, 0.15) is 11.6 Å². The molecule has 0 radical (unpaired) electrons. The molecule has 3 aromatic rings. The number of anilines is 1. The van der Waals surface area contributed by atoms with Crippen LogP contribution in [-0.4, -0.2) is 64.2 Å². The van der Waals surface area contributed by atoms with Crippen LogP contribution in [0, 0.1) is 17.7 Å². The molecule has 2 aromatic heterocycles. The van der Waals surface area contributed by atoms with Gasteiger partial charge >= 0.3 is 6.03 Å². The summed E-state index contributed by atoms with van der Waals surface area (Å²) in [4.78, 5) is 18.6. The maximum Gasteiger partial charge on any atom is 0.320 e. The van der Waals surface area contributed by atoms with Gasteiger partial charge in [-0.25, -0.2) is 9.18 Å². The van der Waals surface area contributed by atoms with Gasteiger partial charge in [0, 0.05) is 51.8 Å². The molecule has 1 aromatic carbocycles. The van der Waals surface area contributed by atoms with E-state index in [1.54, 1.807) is 31.1 Å². The van der Waals surface area contributed by atoms with Crippen LogP contribution in [0.2, 0.25) is 0 Å². The number of nitrogens with zero attached hydrogens (tertiary/aromatic N) is 6. The molecule has 3 atom stereocenters. The number of carbonyl (C=O) groups is 1. The summed E-state index contributed by atoms with van der Waals surface area (Å²) >= 11 is 0. The first-order chi connectivity index (χ1) is 14.0. The van der Waals surface area contributed by atoms with E-state index in [1.165, 1.54) is 6.07 Å². The van der Waals surface area contributed by atoms with Gasteiger partial charge in [0.15, 0.2) is 5.65 Å². The quantitative estimate of drug-likeness (QED) is 0.671. The van der Waals surface area contributed by atoms with Crippen molar-refractivity contribution < 1.29 is 9.18 Å². The Kier molecular flexibility index (Phi) is 4.15. The molecule has 150 valence electrons. The molecule has 4 heterocycles. The molecule has 0 unspecified atom stereocenters. The molecule has 8 heteroatoms. The predicted molar refractivity (Wildman–Crippen MR) is 107 cm³/mol. The number of urea groups is 1. The van der Waals surface area contributed by atoms with Gasteiger partial charge in [0.2, 0.25) is 5.95 Å². The third-order valence-corrected chi connectivity index (χ3v) is 6.06. The molecule has 2 aliphatic rings. The van der Waals surface area contributed by atoms with E-state index >= 15 is 0 Å². The minimum absolute atomic E-state index is 0.0341. The second-order valence-corrected chi connectivity index (χ2v) is 8.09. The van der Waals surface area contributed by atoms with Gasteiger partial charge in [0.05, 0.1) is 6.04 Å². The largest absolute Gasteiger partial charge is 0.340 e. The zero-order chi connectivity index (χ0) is 20.1. The van der Waals surface area contributed by atoms with Crippen molar-refractivity contribution in [2.45, 2.75) is 6.04 Å². The number of hydrogen-bond acceptors (Lipinski definition) is 4. The lowest BCUT2D eigenvalue weighted by atomic mass is 9.89. The molecule has 0 bridgehead atoms. The molecule has 29 heavy (non-hydrogen) atoms. The monoisotopic (exact) mass is 394 g/mol. The first kappa shape index (κ1) is 17.9. The van der Waals surface area contributed by atoms with Crippen LogP contribution in [0.4, 0.5) is 15.1 Å². The Balaban J connectivity index is 1.49. The van der Waals surface area contributed by atoms with E-state index in [9.17, 15) is 9.18 Å². The Labute approximate surface area is 168 Å². The molecule has 0 saturated carbocycles. The number of amides is 2. The van der Waals surface area contributed by atoms with Crippen LogP contribution < -0.4 is 4.90 Å². The second-order valence-electron chi connectivity index (χ2n) is 8.09. The van der Waals surface area contributed by atoms with Crippen LogP contribution in [0.3, 0.4) is 0 Å². The number of fused-ring (bicyclic) bond motifs is 2. The molecule has 0 aliphatic carbocycles. The Morgan fingerprint density at radius 1 is 1.10 bits per heavy atom. The number of benzene rings is 1. The molecule has 0 N–H and O–H groups in total. The molecular formula is C21H23FN6O. The fourth-order valence-corrected chi connectivity index (χ4v) is 4.82. The smallest absolute Gasteiger partial charge is 0.320 e. The summed E-state index contributed by atoms with van der Waals surface area (Å²) in [5.41, 5.74) is 1.66. The van der Waals surface area contributed by atoms with Crippen molar-refractivity contribution in [1.82, 2.24) is 24.4 Å². The molecular weight excluding hydrogens is 371 g/mol. The van der Waals surface area contributed by atoms with Crippen molar-refractivity contribution in [3.05, 3.63) is 60.0 Å². The second kappa shape index (κ2) is 6.72. The van der Waals surface area contributed by atoms with Crippen molar-refractivity contribution in [2.24, 2.45) is 11.8 Å². The number of halogens is 1. The summed E-state index contributed by atoms with van der Waals surface area (Å²) in [7, 11) is 3.52. The summed E-state index contributed by atoms with van der Waals surface area (Å²) in [6, 6.07) is 12.3. The molecule has 2 saturated heterocycles. The SMILES string of the molecule is CN(C)C(=O)N1C[C@H]2CN(c3nnc4ccccn34)C[C@H]2[C@@H]1c1cccc(F)c1. The van der Waals surface area contributed by atoms with E-state index in [2.05, 4.69) is 15.1 Å². The number of hydrogen-bond donors (Lipinski definition) is 0. The van der Waals surface area contributed by atoms with Crippen molar-refractivity contribution in [2.75, 3.05) is 38.6 Å². The highest BCUT2D eigenvalue weighted by Crippen LogP contribution is 2.46. The van der Waals surface area contributed by atoms with Crippen molar-refractivity contribution in [3.63, 3.8) is 0 Å². The molecule has 0 spiro atoms. The van der Waals surface area contributed by atoms with Gasteiger partial charge < -0.3 is 14.7 Å². The lowest BCUT2D eigenvalue weighted by molar-refractivity contribution is 0.159. The van der Waals surface area contributed by atoms with Gasteiger partial charge in [-0.1, -0.05) is 18.2 Å². The van der Waals surface area contributed by atoms with Crippen LogP contribution in [0.5, 0.6) is 0 Å². The molecule has 2 amide bonds. The van der Waals surface area contributed by atoms with Crippen LogP contribution >= 0.6 is 0 Å².